The van der Waals surface area contributed by atoms with Gasteiger partial charge in [-0.15, -0.1) is 0 Å². The van der Waals surface area contributed by atoms with Crippen molar-refractivity contribution in [1.82, 2.24) is 0 Å². The van der Waals surface area contributed by atoms with Crippen molar-refractivity contribution in [3.05, 3.63) is 0 Å². The van der Waals surface area contributed by atoms with Crippen molar-refractivity contribution in [2.24, 2.45) is 4.99 Å². The third-order valence-electron chi connectivity index (χ3n) is 3.76. The van der Waals surface area contributed by atoms with Gasteiger partial charge < -0.3 is 4.74 Å². The Bertz CT molecular complexity index is 241. The third kappa shape index (κ3) is 4.38. The molecule has 3 heteroatoms. The Kier molecular flexibility index (Phi) is 5.91. The Balaban J connectivity index is 4.65. The van der Waals surface area contributed by atoms with Gasteiger partial charge in [-0.1, -0.05) is 33.9 Å². The largest absolute Gasteiger partial charge is 0.380 e. The standard InChI is InChI=1S/C13H29NOSi/c1-9-15-10-11(2)14-12(3)16(7,8)13(4,5)6/h11H,9-10H2,1-8H3. The molecule has 2 nitrogen and oxygen atoms in total. The van der Waals surface area contributed by atoms with Gasteiger partial charge >= 0.3 is 0 Å². The number of aliphatic imine (C=N–C) groups is 1. The van der Waals surface area contributed by atoms with Crippen molar-refractivity contribution < 1.29 is 4.74 Å². The van der Waals surface area contributed by atoms with E-state index in [1.54, 1.807) is 0 Å². The van der Waals surface area contributed by atoms with Gasteiger partial charge in [0.15, 0.2) is 0 Å². The van der Waals surface area contributed by atoms with Crippen LogP contribution in [-0.2, 0) is 4.74 Å². The van der Waals surface area contributed by atoms with Gasteiger partial charge in [-0.05, 0) is 31.1 Å². The first-order valence-electron chi connectivity index (χ1n) is 6.25. The highest BCUT2D eigenvalue weighted by Crippen LogP contribution is 2.36. The molecule has 0 aliphatic carbocycles. The van der Waals surface area contributed by atoms with E-state index in [9.17, 15) is 0 Å². The molecule has 0 amide bonds. The zero-order chi connectivity index (χ0) is 13.0. The highest BCUT2D eigenvalue weighted by atomic mass is 28.3. The summed E-state index contributed by atoms with van der Waals surface area (Å²) in [5, 5.41) is 1.72. The Morgan fingerprint density at radius 2 is 1.81 bits per heavy atom. The second-order valence-electron chi connectivity index (χ2n) is 6.10. The fourth-order valence-electron chi connectivity index (χ4n) is 1.36. The first-order chi connectivity index (χ1) is 7.13. The lowest BCUT2D eigenvalue weighted by molar-refractivity contribution is 0.138. The minimum atomic E-state index is -1.42. The van der Waals surface area contributed by atoms with Gasteiger partial charge in [0.05, 0.1) is 12.6 Å². The van der Waals surface area contributed by atoms with Gasteiger partial charge in [-0.3, -0.25) is 4.99 Å². The van der Waals surface area contributed by atoms with E-state index >= 15 is 0 Å². The van der Waals surface area contributed by atoms with Gasteiger partial charge in [-0.2, -0.15) is 0 Å². The predicted molar refractivity (Wildman–Crippen MR) is 76.3 cm³/mol. The summed E-state index contributed by atoms with van der Waals surface area (Å²) in [5.74, 6) is 0. The summed E-state index contributed by atoms with van der Waals surface area (Å²) in [4.78, 5) is 4.81. The van der Waals surface area contributed by atoms with Crippen molar-refractivity contribution >= 4 is 13.4 Å². The molecule has 0 radical (unpaired) electrons. The van der Waals surface area contributed by atoms with Crippen LogP contribution in [0.4, 0.5) is 0 Å². The van der Waals surface area contributed by atoms with Crippen LogP contribution in [0.15, 0.2) is 4.99 Å². The SMILES string of the molecule is CCOCC(C)N=C(C)[Si](C)(C)C(C)(C)C. The summed E-state index contributed by atoms with van der Waals surface area (Å²) < 4.78 is 5.40. The van der Waals surface area contributed by atoms with Crippen molar-refractivity contribution in [3.8, 4) is 0 Å². The van der Waals surface area contributed by atoms with Crippen LogP contribution in [0.1, 0.15) is 41.5 Å². The highest BCUT2D eigenvalue weighted by Gasteiger charge is 2.37. The summed E-state index contributed by atoms with van der Waals surface area (Å²) in [6.07, 6.45) is 0. The quantitative estimate of drug-likeness (QED) is 0.530. The molecule has 0 spiro atoms. The lowest BCUT2D eigenvalue weighted by atomic mass is 10.2. The van der Waals surface area contributed by atoms with Crippen LogP contribution in [0.5, 0.6) is 0 Å². The molecule has 0 aromatic carbocycles. The molecule has 0 aromatic rings. The van der Waals surface area contributed by atoms with Gasteiger partial charge in [0.2, 0.25) is 0 Å². The van der Waals surface area contributed by atoms with Crippen LogP contribution in [0.2, 0.25) is 18.1 Å². The molecule has 0 aromatic heterocycles. The molecule has 0 aliphatic heterocycles. The lowest BCUT2D eigenvalue weighted by Gasteiger charge is -2.37. The van der Waals surface area contributed by atoms with E-state index in [0.717, 1.165) is 13.2 Å². The number of hydrogen-bond donors (Lipinski definition) is 0. The minimum Gasteiger partial charge on any atom is -0.380 e. The van der Waals surface area contributed by atoms with Gasteiger partial charge in [0.1, 0.15) is 8.07 Å². The van der Waals surface area contributed by atoms with Crippen LogP contribution >= 0.6 is 0 Å². The third-order valence-corrected chi connectivity index (χ3v) is 9.44. The average Bonchev–Trinajstić information content (AvgIpc) is 2.12. The lowest BCUT2D eigenvalue weighted by Crippen LogP contribution is -2.45. The van der Waals surface area contributed by atoms with Crippen LogP contribution < -0.4 is 0 Å². The molecule has 0 rings (SSSR count). The van der Waals surface area contributed by atoms with Crippen molar-refractivity contribution in [1.29, 1.82) is 0 Å². The normalized spacial score (nSPS) is 16.4. The van der Waals surface area contributed by atoms with Crippen molar-refractivity contribution in [2.45, 2.75) is 65.7 Å². The topological polar surface area (TPSA) is 21.6 Å². The van der Waals surface area contributed by atoms with Gasteiger partial charge in [0.25, 0.3) is 0 Å². The molecule has 16 heavy (non-hydrogen) atoms. The fourth-order valence-corrected chi connectivity index (χ4v) is 2.99. The summed E-state index contributed by atoms with van der Waals surface area (Å²) in [6, 6.07) is 0.286. The second-order valence-corrected chi connectivity index (χ2v) is 11.6. The molecule has 0 N–H and O–H groups in total. The van der Waals surface area contributed by atoms with E-state index in [2.05, 4.69) is 47.7 Å². The molecule has 0 saturated carbocycles. The summed E-state index contributed by atoms with van der Waals surface area (Å²) in [6.45, 7) is 19.6. The second kappa shape index (κ2) is 5.96. The maximum absolute atomic E-state index is 5.40. The molecular formula is C13H29NOSi. The maximum Gasteiger partial charge on any atom is 0.103 e. The molecule has 0 saturated heterocycles. The molecule has 96 valence electrons. The van der Waals surface area contributed by atoms with E-state index in [-0.39, 0.29) is 6.04 Å². The van der Waals surface area contributed by atoms with E-state index in [1.807, 2.05) is 6.92 Å². The Morgan fingerprint density at radius 3 is 2.19 bits per heavy atom. The smallest absolute Gasteiger partial charge is 0.103 e. The predicted octanol–water partition coefficient (Wildman–Crippen LogP) is 3.92. The first kappa shape index (κ1) is 15.8. The molecule has 1 unspecified atom stereocenters. The zero-order valence-electron chi connectivity index (χ0n) is 12.3. The van der Waals surface area contributed by atoms with Crippen molar-refractivity contribution in [2.75, 3.05) is 13.2 Å². The zero-order valence-corrected chi connectivity index (χ0v) is 13.3. The van der Waals surface area contributed by atoms with E-state index < -0.39 is 8.07 Å². The Labute approximate surface area is 103 Å². The molecule has 0 heterocycles. The van der Waals surface area contributed by atoms with Gasteiger partial charge in [-0.25, -0.2) is 0 Å². The molecule has 0 fully saturated rings. The first-order valence-corrected chi connectivity index (χ1v) is 9.25. The Hall–Kier alpha value is -0.153. The number of hydrogen-bond acceptors (Lipinski definition) is 2. The minimum absolute atomic E-state index is 0.286. The van der Waals surface area contributed by atoms with E-state index in [4.69, 9.17) is 9.73 Å². The molecular weight excluding hydrogens is 214 g/mol. The monoisotopic (exact) mass is 243 g/mol. The van der Waals surface area contributed by atoms with E-state index in [0.29, 0.717) is 5.04 Å². The molecule has 0 bridgehead atoms. The van der Waals surface area contributed by atoms with Gasteiger partial charge in [0, 0.05) is 6.61 Å². The summed E-state index contributed by atoms with van der Waals surface area (Å²) >= 11 is 0. The number of ether oxygens (including phenoxy) is 1. The van der Waals surface area contributed by atoms with Crippen LogP contribution in [0.3, 0.4) is 0 Å². The van der Waals surface area contributed by atoms with Crippen LogP contribution in [-0.4, -0.2) is 32.7 Å². The van der Waals surface area contributed by atoms with E-state index in [1.165, 1.54) is 5.33 Å². The molecule has 0 aliphatic rings. The summed E-state index contributed by atoms with van der Waals surface area (Å²) in [7, 11) is -1.42. The van der Waals surface area contributed by atoms with Crippen LogP contribution in [0, 0.1) is 0 Å². The van der Waals surface area contributed by atoms with Crippen molar-refractivity contribution in [3.63, 3.8) is 0 Å². The fraction of sp³-hybridized carbons (Fsp3) is 0.923. The maximum atomic E-state index is 5.40. The number of nitrogens with zero attached hydrogens (tertiary/aromatic N) is 1. The number of rotatable bonds is 5. The average molecular weight is 243 g/mol. The highest BCUT2D eigenvalue weighted by molar-refractivity contribution is 7.06. The summed E-state index contributed by atoms with van der Waals surface area (Å²) in [5.41, 5.74) is 0. The van der Waals surface area contributed by atoms with Crippen LogP contribution in [0.25, 0.3) is 0 Å². The Morgan fingerprint density at radius 1 is 1.31 bits per heavy atom. The molecule has 1 atom stereocenters.